The van der Waals surface area contributed by atoms with E-state index < -0.39 is 23.6 Å². The van der Waals surface area contributed by atoms with E-state index in [9.17, 15) is 22.8 Å². The molecule has 0 saturated heterocycles. The molecule has 4 aromatic rings. The van der Waals surface area contributed by atoms with Crippen molar-refractivity contribution in [2.45, 2.75) is 13.1 Å². The van der Waals surface area contributed by atoms with Gasteiger partial charge in [-0.2, -0.15) is 18.3 Å². The third-order valence-corrected chi connectivity index (χ3v) is 5.38. The fourth-order valence-corrected chi connectivity index (χ4v) is 3.62. The van der Waals surface area contributed by atoms with Crippen molar-refractivity contribution in [3.8, 4) is 0 Å². The first-order chi connectivity index (χ1) is 14.7. The molecule has 158 valence electrons. The van der Waals surface area contributed by atoms with Gasteiger partial charge in [-0.3, -0.25) is 20.0 Å². The van der Waals surface area contributed by atoms with Gasteiger partial charge in [0, 0.05) is 10.9 Å². The van der Waals surface area contributed by atoms with E-state index in [-0.39, 0.29) is 15.6 Å². The summed E-state index contributed by atoms with van der Waals surface area (Å²) in [4.78, 5) is 29.1. The van der Waals surface area contributed by atoms with E-state index in [1.807, 2.05) is 19.1 Å². The minimum absolute atomic E-state index is 0.0887. The van der Waals surface area contributed by atoms with Crippen LogP contribution in [0.15, 0.2) is 48.8 Å². The van der Waals surface area contributed by atoms with Crippen molar-refractivity contribution in [3.63, 3.8) is 0 Å². The van der Waals surface area contributed by atoms with Gasteiger partial charge < -0.3 is 5.32 Å². The number of H-pyrrole nitrogens is 1. The smallest absolute Gasteiger partial charge is 0.320 e. The zero-order chi connectivity index (χ0) is 22.2. The van der Waals surface area contributed by atoms with Crippen LogP contribution in [0.3, 0.4) is 0 Å². The largest absolute Gasteiger partial charge is 0.416 e. The molecule has 31 heavy (non-hydrogen) atoms. The van der Waals surface area contributed by atoms with Gasteiger partial charge in [-0.1, -0.05) is 23.5 Å². The topological polar surface area (TPSA) is 99.8 Å². The fraction of sp³-hybridized carbons (Fsp3) is 0.100. The minimum atomic E-state index is -4.56. The highest BCUT2D eigenvalue weighted by Gasteiger charge is 2.31. The molecule has 11 heteroatoms. The van der Waals surface area contributed by atoms with Crippen molar-refractivity contribution < 1.29 is 22.8 Å². The Bertz CT molecular complexity index is 1300. The van der Waals surface area contributed by atoms with Gasteiger partial charge >= 0.3 is 6.18 Å². The van der Waals surface area contributed by atoms with Gasteiger partial charge in [-0.05, 0) is 36.8 Å². The lowest BCUT2D eigenvalue weighted by Crippen LogP contribution is -2.13. The average molecular weight is 445 g/mol. The molecule has 0 fully saturated rings. The molecule has 7 nitrogen and oxygen atoms in total. The highest BCUT2D eigenvalue weighted by Crippen LogP contribution is 2.30. The molecular formula is C20H14F3N5O2S. The summed E-state index contributed by atoms with van der Waals surface area (Å²) in [6, 6.07) is 7.73. The fourth-order valence-electron chi connectivity index (χ4n) is 2.91. The maximum atomic E-state index is 12.8. The van der Waals surface area contributed by atoms with Gasteiger partial charge in [0.25, 0.3) is 11.8 Å². The summed E-state index contributed by atoms with van der Waals surface area (Å²) in [6.45, 7) is 1.84. The van der Waals surface area contributed by atoms with Crippen LogP contribution in [0.2, 0.25) is 0 Å². The number of aryl methyl sites for hydroxylation is 1. The van der Waals surface area contributed by atoms with Gasteiger partial charge in [-0.15, -0.1) is 0 Å². The van der Waals surface area contributed by atoms with Crippen LogP contribution in [0.5, 0.6) is 0 Å². The lowest BCUT2D eigenvalue weighted by Gasteiger charge is -2.08. The van der Waals surface area contributed by atoms with Crippen molar-refractivity contribution in [1.82, 2.24) is 15.2 Å². The van der Waals surface area contributed by atoms with E-state index in [0.29, 0.717) is 5.69 Å². The first-order valence-electron chi connectivity index (χ1n) is 8.91. The number of carbonyl (C=O) groups excluding carboxylic acids is 2. The summed E-state index contributed by atoms with van der Waals surface area (Å²) in [5, 5.41) is 12.9. The molecule has 0 saturated carbocycles. The molecule has 0 spiro atoms. The average Bonchev–Trinajstić information content (AvgIpc) is 3.39. The zero-order valence-corrected chi connectivity index (χ0v) is 16.7. The quantitative estimate of drug-likeness (QED) is 0.418. The maximum Gasteiger partial charge on any atom is 0.416 e. The summed E-state index contributed by atoms with van der Waals surface area (Å²) in [6.07, 6.45) is -1.67. The van der Waals surface area contributed by atoms with Crippen LogP contribution < -0.4 is 10.6 Å². The molecule has 2 aromatic heterocycles. The number of alkyl halides is 3. The molecule has 2 amide bonds. The van der Waals surface area contributed by atoms with Gasteiger partial charge in [0.2, 0.25) is 0 Å². The third-order valence-electron chi connectivity index (χ3n) is 4.47. The molecule has 3 N–H and O–H groups in total. The summed E-state index contributed by atoms with van der Waals surface area (Å²) >= 11 is 0.906. The summed E-state index contributed by atoms with van der Waals surface area (Å²) in [7, 11) is 0. The Hall–Kier alpha value is -3.73. The Morgan fingerprint density at radius 2 is 1.87 bits per heavy atom. The van der Waals surface area contributed by atoms with Crippen LogP contribution >= 0.6 is 11.3 Å². The molecule has 2 aromatic carbocycles. The monoisotopic (exact) mass is 445 g/mol. The Morgan fingerprint density at radius 1 is 1.06 bits per heavy atom. The van der Waals surface area contributed by atoms with E-state index in [1.54, 1.807) is 6.20 Å². The van der Waals surface area contributed by atoms with Crippen molar-refractivity contribution in [2.75, 3.05) is 10.6 Å². The zero-order valence-electron chi connectivity index (χ0n) is 15.9. The van der Waals surface area contributed by atoms with E-state index in [4.69, 9.17) is 0 Å². The Kier molecular flexibility index (Phi) is 5.19. The molecule has 0 bridgehead atoms. The summed E-state index contributed by atoms with van der Waals surface area (Å²) < 4.78 is 38.5. The third kappa shape index (κ3) is 4.26. The number of halogens is 3. The van der Waals surface area contributed by atoms with Crippen LogP contribution in [-0.4, -0.2) is 27.0 Å². The Morgan fingerprint density at radius 3 is 2.65 bits per heavy atom. The number of thiazole rings is 1. The molecule has 4 rings (SSSR count). The molecule has 0 atom stereocenters. The summed E-state index contributed by atoms with van der Waals surface area (Å²) in [5.41, 5.74) is 1.10. The number of fused-ring (bicyclic) bond motifs is 1. The van der Waals surface area contributed by atoms with Crippen molar-refractivity contribution in [2.24, 2.45) is 0 Å². The first kappa shape index (κ1) is 20.5. The Labute approximate surface area is 177 Å². The molecule has 0 unspecified atom stereocenters. The number of anilines is 2. The van der Waals surface area contributed by atoms with Crippen LogP contribution in [0.1, 0.15) is 31.2 Å². The lowest BCUT2D eigenvalue weighted by molar-refractivity contribution is -0.137. The molecule has 0 aliphatic heterocycles. The predicted octanol–water partition coefficient (Wildman–Crippen LogP) is 4.85. The number of hydrogen-bond donors (Lipinski definition) is 3. The SMILES string of the molecule is Cc1ccc2[nH]ncc2c1NC(=O)c1cnc(NC(=O)c2cccc(C(F)(F)F)c2)s1. The van der Waals surface area contributed by atoms with Crippen LogP contribution in [0.25, 0.3) is 10.9 Å². The normalized spacial score (nSPS) is 11.5. The van der Waals surface area contributed by atoms with Gasteiger partial charge in [0.15, 0.2) is 5.13 Å². The molecular weight excluding hydrogens is 431 g/mol. The number of nitrogens with zero attached hydrogens (tertiary/aromatic N) is 2. The number of aromatic nitrogens is 3. The molecule has 0 radical (unpaired) electrons. The number of aromatic amines is 1. The predicted molar refractivity (Wildman–Crippen MR) is 110 cm³/mol. The van der Waals surface area contributed by atoms with Crippen LogP contribution in [-0.2, 0) is 6.18 Å². The molecule has 0 aliphatic carbocycles. The van der Waals surface area contributed by atoms with E-state index in [1.165, 1.54) is 12.3 Å². The van der Waals surface area contributed by atoms with Crippen LogP contribution in [0.4, 0.5) is 24.0 Å². The van der Waals surface area contributed by atoms with E-state index in [2.05, 4.69) is 25.8 Å². The molecule has 2 heterocycles. The molecule has 0 aliphatic rings. The number of amides is 2. The number of hydrogen-bond acceptors (Lipinski definition) is 5. The first-order valence-corrected chi connectivity index (χ1v) is 9.72. The maximum absolute atomic E-state index is 12.8. The van der Waals surface area contributed by atoms with E-state index in [0.717, 1.165) is 46.0 Å². The van der Waals surface area contributed by atoms with E-state index >= 15 is 0 Å². The van der Waals surface area contributed by atoms with Gasteiger partial charge in [0.05, 0.1) is 29.2 Å². The second-order valence-corrected chi connectivity index (χ2v) is 7.64. The second kappa shape index (κ2) is 7.84. The lowest BCUT2D eigenvalue weighted by atomic mass is 10.1. The highest BCUT2D eigenvalue weighted by molar-refractivity contribution is 7.17. The number of nitrogens with one attached hydrogen (secondary N) is 3. The van der Waals surface area contributed by atoms with Gasteiger partial charge in [0.1, 0.15) is 4.88 Å². The van der Waals surface area contributed by atoms with Crippen molar-refractivity contribution in [3.05, 3.63) is 70.4 Å². The van der Waals surface area contributed by atoms with Crippen LogP contribution in [0, 0.1) is 6.92 Å². The van der Waals surface area contributed by atoms with Crippen molar-refractivity contribution >= 4 is 44.9 Å². The Balaban J connectivity index is 1.49. The minimum Gasteiger partial charge on any atom is -0.320 e. The number of benzene rings is 2. The van der Waals surface area contributed by atoms with Crippen molar-refractivity contribution in [1.29, 1.82) is 0 Å². The number of rotatable bonds is 4. The summed E-state index contributed by atoms with van der Waals surface area (Å²) in [5.74, 6) is -1.19. The number of carbonyl (C=O) groups is 2. The van der Waals surface area contributed by atoms with Gasteiger partial charge in [-0.25, -0.2) is 4.98 Å². The second-order valence-electron chi connectivity index (χ2n) is 6.61. The highest BCUT2D eigenvalue weighted by atomic mass is 32.1. The standard InChI is InChI=1S/C20H14F3N5O2S/c1-10-5-6-14-13(8-25-28-14)16(10)26-18(30)15-9-24-19(31-15)27-17(29)11-3-2-4-12(7-11)20(21,22)23/h2-9H,1H3,(H,25,28)(H,26,30)(H,24,27,29).